The van der Waals surface area contributed by atoms with Crippen molar-refractivity contribution in [3.63, 3.8) is 0 Å². The van der Waals surface area contributed by atoms with Crippen LogP contribution in [0.25, 0.3) is 11.1 Å². The normalized spacial score (nSPS) is 10.3. The maximum Gasteiger partial charge on any atom is 0.178 e. The number of rotatable bonds is 5. The van der Waals surface area contributed by atoms with Crippen molar-refractivity contribution in [1.29, 1.82) is 0 Å². The fourth-order valence-electron chi connectivity index (χ4n) is 2.12. The number of nitrogens with zero attached hydrogens (tertiary/aromatic N) is 2. The van der Waals surface area contributed by atoms with Gasteiger partial charge in [-0.25, -0.2) is 9.97 Å². The van der Waals surface area contributed by atoms with Crippen molar-refractivity contribution in [1.82, 2.24) is 9.97 Å². The molecule has 6 nitrogen and oxygen atoms in total. The molecule has 24 heavy (non-hydrogen) atoms. The maximum atomic E-state index is 11.7. The van der Waals surface area contributed by atoms with Crippen molar-refractivity contribution < 1.29 is 19.2 Å². The van der Waals surface area contributed by atoms with E-state index in [4.69, 9.17) is 0 Å². The second kappa shape index (κ2) is 6.62. The van der Waals surface area contributed by atoms with Crippen LogP contribution >= 0.6 is 0 Å². The zero-order chi connectivity index (χ0) is 18.0. The van der Waals surface area contributed by atoms with Crippen LogP contribution in [0.4, 0.5) is 0 Å². The van der Waals surface area contributed by atoms with Gasteiger partial charge in [-0.1, -0.05) is 0 Å². The number of carbonyl (C=O) groups is 4. The number of carbonyl (C=O) groups excluding carboxylic acids is 4. The van der Waals surface area contributed by atoms with Crippen molar-refractivity contribution in [3.8, 4) is 11.1 Å². The predicted octanol–water partition coefficient (Wildman–Crippen LogP) is 2.95. The molecule has 0 spiro atoms. The van der Waals surface area contributed by atoms with Gasteiger partial charge in [0.25, 0.3) is 0 Å². The van der Waals surface area contributed by atoms with Crippen molar-refractivity contribution in [2.24, 2.45) is 0 Å². The Bertz CT molecular complexity index is 747. The molecule has 6 heteroatoms. The van der Waals surface area contributed by atoms with Crippen LogP contribution in [0.5, 0.6) is 0 Å². The first-order valence-corrected chi connectivity index (χ1v) is 7.27. The first-order valence-electron chi connectivity index (χ1n) is 7.27. The summed E-state index contributed by atoms with van der Waals surface area (Å²) in [6.07, 6.45) is 0. The molecule has 0 unspecified atom stereocenters. The fourth-order valence-corrected chi connectivity index (χ4v) is 2.12. The summed E-state index contributed by atoms with van der Waals surface area (Å²) in [7, 11) is 0. The highest BCUT2D eigenvalue weighted by atomic mass is 16.1. The Morgan fingerprint density at radius 2 is 0.750 bits per heavy atom. The molecule has 122 valence electrons. The molecule has 2 heterocycles. The van der Waals surface area contributed by atoms with Crippen LogP contribution in [0, 0.1) is 0 Å². The summed E-state index contributed by atoms with van der Waals surface area (Å²) >= 11 is 0. The number of Topliss-reactive ketones (excluding diaryl/α,β-unsaturated/α-hetero) is 4. The van der Waals surface area contributed by atoms with Gasteiger partial charge in [0, 0.05) is 27.7 Å². The highest BCUT2D eigenvalue weighted by molar-refractivity contribution is 6.00. The Hall–Kier alpha value is -3.02. The van der Waals surface area contributed by atoms with Crippen LogP contribution < -0.4 is 0 Å². The van der Waals surface area contributed by atoms with Crippen LogP contribution in [0.15, 0.2) is 24.3 Å². The largest absolute Gasteiger partial charge is 0.293 e. The zero-order valence-corrected chi connectivity index (χ0v) is 13.8. The number of pyridine rings is 2. The van der Waals surface area contributed by atoms with E-state index >= 15 is 0 Å². The topological polar surface area (TPSA) is 94.1 Å². The van der Waals surface area contributed by atoms with E-state index in [0.29, 0.717) is 11.1 Å². The van der Waals surface area contributed by atoms with E-state index in [1.807, 2.05) is 0 Å². The number of hydrogen-bond acceptors (Lipinski definition) is 6. The summed E-state index contributed by atoms with van der Waals surface area (Å²) in [4.78, 5) is 54.7. The summed E-state index contributed by atoms with van der Waals surface area (Å²) in [5.41, 5.74) is 1.61. The average Bonchev–Trinajstić information content (AvgIpc) is 2.53. The van der Waals surface area contributed by atoms with Gasteiger partial charge >= 0.3 is 0 Å². The average molecular weight is 324 g/mol. The minimum atomic E-state index is -0.285. The van der Waals surface area contributed by atoms with Crippen LogP contribution in [0.3, 0.4) is 0 Å². The second-order valence-electron chi connectivity index (χ2n) is 5.48. The summed E-state index contributed by atoms with van der Waals surface area (Å²) < 4.78 is 0. The lowest BCUT2D eigenvalue weighted by molar-refractivity contribution is 0.0988. The first kappa shape index (κ1) is 17.3. The molecule has 0 saturated carbocycles. The fraction of sp³-hybridized carbons (Fsp3) is 0.222. The standard InChI is InChI=1S/C18H16N2O4/c1-9(21)15-5-13(6-16(19-15)10(2)22)14-7-17(11(3)23)20-18(8-14)12(4)24/h5-8H,1-4H3. The van der Waals surface area contributed by atoms with Gasteiger partial charge < -0.3 is 0 Å². The third-order valence-electron chi connectivity index (χ3n) is 3.43. The molecule has 0 N–H and O–H groups in total. The van der Waals surface area contributed by atoms with Gasteiger partial charge in [-0.15, -0.1) is 0 Å². The van der Waals surface area contributed by atoms with E-state index < -0.39 is 0 Å². The number of aromatic nitrogens is 2. The molecule has 0 aromatic carbocycles. The van der Waals surface area contributed by atoms with E-state index in [1.54, 1.807) is 0 Å². The van der Waals surface area contributed by atoms with Gasteiger partial charge in [-0.3, -0.25) is 19.2 Å². The van der Waals surface area contributed by atoms with Crippen LogP contribution in [0.2, 0.25) is 0 Å². The molecule has 0 aliphatic rings. The van der Waals surface area contributed by atoms with Crippen molar-refractivity contribution >= 4 is 23.1 Å². The SMILES string of the molecule is CC(=O)c1cc(-c2cc(C(C)=O)nc(C(C)=O)c2)cc(C(C)=O)n1. The first-order chi connectivity index (χ1) is 11.2. The summed E-state index contributed by atoms with van der Waals surface area (Å²) in [5, 5.41) is 0. The molecule has 0 aliphatic carbocycles. The number of hydrogen-bond donors (Lipinski definition) is 0. The molecule has 0 atom stereocenters. The molecule has 2 aromatic rings. The van der Waals surface area contributed by atoms with Crippen molar-refractivity contribution in [2.75, 3.05) is 0 Å². The smallest absolute Gasteiger partial charge is 0.178 e. The molecule has 0 radical (unpaired) electrons. The van der Waals surface area contributed by atoms with Gasteiger partial charge in [0.05, 0.1) is 0 Å². The van der Waals surface area contributed by atoms with Crippen LogP contribution in [-0.2, 0) is 0 Å². The van der Waals surface area contributed by atoms with Crippen LogP contribution in [0.1, 0.15) is 69.6 Å². The second-order valence-corrected chi connectivity index (χ2v) is 5.48. The van der Waals surface area contributed by atoms with Gasteiger partial charge in [0.1, 0.15) is 22.8 Å². The van der Waals surface area contributed by atoms with Crippen LogP contribution in [-0.4, -0.2) is 33.1 Å². The van der Waals surface area contributed by atoms with Crippen molar-refractivity contribution in [3.05, 3.63) is 47.0 Å². The summed E-state index contributed by atoms with van der Waals surface area (Å²) in [6, 6.07) is 6.10. The molecule has 2 aromatic heterocycles. The van der Waals surface area contributed by atoms with E-state index in [-0.39, 0.29) is 45.9 Å². The van der Waals surface area contributed by atoms with E-state index in [9.17, 15) is 19.2 Å². The molecular formula is C18H16N2O4. The molecule has 0 saturated heterocycles. The minimum Gasteiger partial charge on any atom is -0.293 e. The minimum absolute atomic E-state index is 0.142. The Morgan fingerprint density at radius 1 is 0.542 bits per heavy atom. The quantitative estimate of drug-likeness (QED) is 0.785. The Morgan fingerprint density at radius 3 is 0.917 bits per heavy atom. The third-order valence-corrected chi connectivity index (χ3v) is 3.43. The molecule has 0 amide bonds. The molecule has 0 bridgehead atoms. The van der Waals surface area contributed by atoms with Gasteiger partial charge in [0.2, 0.25) is 0 Å². The predicted molar refractivity (Wildman–Crippen MR) is 87.5 cm³/mol. The summed E-state index contributed by atoms with van der Waals surface area (Å²) in [6.45, 7) is 5.41. The zero-order valence-electron chi connectivity index (χ0n) is 13.8. The van der Waals surface area contributed by atoms with Gasteiger partial charge in [-0.2, -0.15) is 0 Å². The number of ketones is 4. The third kappa shape index (κ3) is 3.65. The molecule has 0 aliphatic heterocycles. The highest BCUT2D eigenvalue weighted by Gasteiger charge is 2.15. The van der Waals surface area contributed by atoms with Gasteiger partial charge in [0.15, 0.2) is 23.1 Å². The Labute approximate surface area is 138 Å². The van der Waals surface area contributed by atoms with E-state index in [2.05, 4.69) is 9.97 Å². The van der Waals surface area contributed by atoms with E-state index in [0.717, 1.165) is 0 Å². The maximum absolute atomic E-state index is 11.7. The Kier molecular flexibility index (Phi) is 4.78. The monoisotopic (exact) mass is 324 g/mol. The molecular weight excluding hydrogens is 308 g/mol. The Balaban J connectivity index is 2.74. The van der Waals surface area contributed by atoms with E-state index in [1.165, 1.54) is 52.0 Å². The lowest BCUT2D eigenvalue weighted by Gasteiger charge is -2.09. The lowest BCUT2D eigenvalue weighted by atomic mass is 10.0. The lowest BCUT2D eigenvalue weighted by Crippen LogP contribution is -2.07. The molecule has 0 fully saturated rings. The van der Waals surface area contributed by atoms with Crippen molar-refractivity contribution in [2.45, 2.75) is 27.7 Å². The van der Waals surface area contributed by atoms with Gasteiger partial charge in [-0.05, 0) is 35.4 Å². The molecule has 2 rings (SSSR count). The highest BCUT2D eigenvalue weighted by Crippen LogP contribution is 2.24. The summed E-state index contributed by atoms with van der Waals surface area (Å²) in [5.74, 6) is -1.14.